The number of thioether (sulfide) groups is 1. The lowest BCUT2D eigenvalue weighted by Crippen LogP contribution is -2.15. The fourth-order valence-corrected chi connectivity index (χ4v) is 5.08. The third-order valence-electron chi connectivity index (χ3n) is 5.95. The summed E-state index contributed by atoms with van der Waals surface area (Å²) in [5.74, 6) is 0.992. The molecule has 0 radical (unpaired) electrons. The zero-order valence-electron chi connectivity index (χ0n) is 20.9. The molecule has 5 nitrogen and oxygen atoms in total. The number of hydrogen-bond acceptors (Lipinski definition) is 5. The van der Waals surface area contributed by atoms with Gasteiger partial charge < -0.3 is 4.98 Å². The summed E-state index contributed by atoms with van der Waals surface area (Å²) in [5.41, 5.74) is 4.18. The van der Waals surface area contributed by atoms with Gasteiger partial charge in [-0.1, -0.05) is 73.7 Å². The molecule has 37 heavy (non-hydrogen) atoms. The van der Waals surface area contributed by atoms with Crippen LogP contribution in [-0.4, -0.2) is 16.7 Å². The highest BCUT2D eigenvalue weighted by molar-refractivity contribution is 7.99. The van der Waals surface area contributed by atoms with Gasteiger partial charge in [-0.25, -0.2) is 4.79 Å². The maximum absolute atomic E-state index is 12.6. The fourth-order valence-electron chi connectivity index (χ4n) is 4.18. The average Bonchev–Trinajstić information content (AvgIpc) is 2.93. The van der Waals surface area contributed by atoms with E-state index in [1.165, 1.54) is 11.1 Å². The Morgan fingerprint density at radius 1 is 0.892 bits per heavy atom. The van der Waals surface area contributed by atoms with E-state index in [0.717, 1.165) is 28.2 Å². The van der Waals surface area contributed by atoms with Crippen LogP contribution in [0.25, 0.3) is 0 Å². The highest BCUT2D eigenvalue weighted by Gasteiger charge is 2.18. The van der Waals surface area contributed by atoms with Crippen LogP contribution in [-0.2, 0) is 16.1 Å². The van der Waals surface area contributed by atoms with Crippen molar-refractivity contribution in [1.29, 1.82) is 0 Å². The van der Waals surface area contributed by atoms with Crippen molar-refractivity contribution in [2.24, 2.45) is 0 Å². The van der Waals surface area contributed by atoms with Crippen LogP contribution in [0.15, 0.2) is 107 Å². The number of carbonyl (C=O) groups excluding carboxylic acids is 1. The largest absolute Gasteiger partial charge is 0.355 e. The van der Waals surface area contributed by atoms with E-state index in [4.69, 9.17) is 9.78 Å². The molecule has 0 fully saturated rings. The van der Waals surface area contributed by atoms with Crippen LogP contribution in [0.3, 0.4) is 0 Å². The molecule has 190 valence electrons. The van der Waals surface area contributed by atoms with Gasteiger partial charge in [-0.3, -0.25) is 14.6 Å². The van der Waals surface area contributed by atoms with E-state index >= 15 is 0 Å². The van der Waals surface area contributed by atoms with E-state index in [2.05, 4.69) is 29.2 Å². The van der Waals surface area contributed by atoms with Gasteiger partial charge in [0.25, 0.3) is 5.56 Å². The molecule has 3 aromatic carbocycles. The maximum atomic E-state index is 12.6. The van der Waals surface area contributed by atoms with Crippen molar-refractivity contribution in [1.82, 2.24) is 4.98 Å². The van der Waals surface area contributed by atoms with E-state index in [0.29, 0.717) is 25.0 Å². The first kappa shape index (κ1) is 26.3. The van der Waals surface area contributed by atoms with Crippen LogP contribution in [0.4, 0.5) is 0 Å². The summed E-state index contributed by atoms with van der Waals surface area (Å²) in [6.07, 6.45) is 4.39. The molecule has 0 aliphatic heterocycles. The van der Waals surface area contributed by atoms with Gasteiger partial charge in [0.15, 0.2) is 5.75 Å². The van der Waals surface area contributed by atoms with Crippen molar-refractivity contribution in [3.05, 3.63) is 130 Å². The van der Waals surface area contributed by atoms with E-state index in [1.54, 1.807) is 17.8 Å². The molecule has 0 saturated heterocycles. The molecular formula is C31H31NO4S. The second-order valence-electron chi connectivity index (χ2n) is 8.76. The Kier molecular flexibility index (Phi) is 9.60. The van der Waals surface area contributed by atoms with Gasteiger partial charge >= 0.3 is 5.97 Å². The smallest absolute Gasteiger partial charge is 0.329 e. The second-order valence-corrected chi connectivity index (χ2v) is 9.93. The van der Waals surface area contributed by atoms with Gasteiger partial charge in [-0.15, -0.1) is 11.8 Å². The molecule has 0 unspecified atom stereocenters. The molecule has 0 bridgehead atoms. The Morgan fingerprint density at radius 3 is 2.27 bits per heavy atom. The summed E-state index contributed by atoms with van der Waals surface area (Å²) in [5, 5.41) is 0. The Labute approximate surface area is 221 Å². The molecule has 0 amide bonds. The predicted octanol–water partition coefficient (Wildman–Crippen LogP) is 6.92. The minimum absolute atomic E-state index is 0.0431. The van der Waals surface area contributed by atoms with Crippen LogP contribution in [0.5, 0.6) is 5.75 Å². The number of nitrogens with one attached hydrogen (secondary N) is 1. The van der Waals surface area contributed by atoms with Gasteiger partial charge in [0.1, 0.15) is 0 Å². The monoisotopic (exact) mass is 513 g/mol. The molecule has 4 aromatic rings. The summed E-state index contributed by atoms with van der Waals surface area (Å²) < 4.78 is 0. The van der Waals surface area contributed by atoms with Crippen LogP contribution < -0.4 is 10.4 Å². The van der Waals surface area contributed by atoms with Crippen LogP contribution in [0.2, 0.25) is 0 Å². The highest BCUT2D eigenvalue weighted by Crippen LogP contribution is 2.31. The molecule has 0 aliphatic rings. The van der Waals surface area contributed by atoms with E-state index in [1.807, 2.05) is 73.8 Å². The first-order chi connectivity index (χ1) is 18.1. The normalized spacial score (nSPS) is 10.9. The summed E-state index contributed by atoms with van der Waals surface area (Å²) in [7, 11) is 0. The minimum atomic E-state index is -0.380. The molecule has 0 atom stereocenters. The highest BCUT2D eigenvalue weighted by atomic mass is 32.2. The lowest BCUT2D eigenvalue weighted by Gasteiger charge is -2.19. The Morgan fingerprint density at radius 2 is 1.59 bits per heavy atom. The number of carbonyl (C=O) groups is 1. The Hall–Kier alpha value is -3.77. The molecular weight excluding hydrogens is 482 g/mol. The SMILES string of the molecule is CCCC(=O)OOc1cccc(SCCCc2cc(C(c3ccccc3)c3ccccc3)c[nH]c2=O)c1. The quantitative estimate of drug-likeness (QED) is 0.0964. The molecule has 0 spiro atoms. The van der Waals surface area contributed by atoms with Crippen LogP contribution >= 0.6 is 11.8 Å². The number of aromatic amines is 1. The number of rotatable bonds is 12. The second kappa shape index (κ2) is 13.5. The van der Waals surface area contributed by atoms with Crippen LogP contribution in [0.1, 0.15) is 54.4 Å². The average molecular weight is 514 g/mol. The summed E-state index contributed by atoms with van der Waals surface area (Å²) >= 11 is 1.68. The fraction of sp³-hybridized carbons (Fsp3) is 0.226. The number of hydrogen-bond donors (Lipinski definition) is 1. The van der Waals surface area contributed by atoms with Gasteiger partial charge in [-0.05, 0) is 66.0 Å². The van der Waals surface area contributed by atoms with Crippen molar-refractivity contribution >= 4 is 17.7 Å². The molecule has 1 heterocycles. The van der Waals surface area contributed by atoms with Gasteiger partial charge in [-0.2, -0.15) is 0 Å². The lowest BCUT2D eigenvalue weighted by molar-refractivity contribution is -0.213. The summed E-state index contributed by atoms with van der Waals surface area (Å²) in [6, 6.07) is 30.2. The molecule has 1 N–H and O–H groups in total. The summed E-state index contributed by atoms with van der Waals surface area (Å²) in [6.45, 7) is 1.91. The number of benzene rings is 3. The predicted molar refractivity (Wildman–Crippen MR) is 148 cm³/mol. The van der Waals surface area contributed by atoms with Crippen molar-refractivity contribution in [3.8, 4) is 5.75 Å². The number of aryl methyl sites for hydroxylation is 1. The molecule has 1 aromatic heterocycles. The van der Waals surface area contributed by atoms with Crippen molar-refractivity contribution in [3.63, 3.8) is 0 Å². The van der Waals surface area contributed by atoms with E-state index < -0.39 is 0 Å². The third-order valence-corrected chi connectivity index (χ3v) is 7.03. The zero-order chi connectivity index (χ0) is 25.9. The van der Waals surface area contributed by atoms with Gasteiger partial charge in [0.2, 0.25) is 0 Å². The first-order valence-electron chi connectivity index (χ1n) is 12.6. The Balaban J connectivity index is 1.40. The molecule has 4 rings (SSSR count). The van der Waals surface area contributed by atoms with Gasteiger partial charge in [0.05, 0.1) is 0 Å². The van der Waals surface area contributed by atoms with Gasteiger partial charge in [0, 0.05) is 29.0 Å². The lowest BCUT2D eigenvalue weighted by atomic mass is 9.85. The number of H-pyrrole nitrogens is 1. The minimum Gasteiger partial charge on any atom is -0.329 e. The zero-order valence-corrected chi connectivity index (χ0v) is 21.7. The Bertz CT molecular complexity index is 1300. The van der Waals surface area contributed by atoms with Crippen molar-refractivity contribution in [2.45, 2.75) is 43.4 Å². The van der Waals surface area contributed by atoms with E-state index in [-0.39, 0.29) is 17.4 Å². The number of aromatic nitrogens is 1. The van der Waals surface area contributed by atoms with Crippen molar-refractivity contribution < 1.29 is 14.6 Å². The third kappa shape index (κ3) is 7.61. The standard InChI is InChI=1S/C31H31NO4S/c1-2-11-29(33)36-35-27-17-9-18-28(21-27)37-19-10-16-25-20-26(22-32-31(25)34)30(23-12-5-3-6-13-23)24-14-7-4-8-15-24/h3-9,12-15,17-18,20-22,30H,2,10-11,16,19H2,1H3,(H,32,34). The van der Waals surface area contributed by atoms with Crippen LogP contribution in [0, 0.1) is 0 Å². The summed E-state index contributed by atoms with van der Waals surface area (Å²) in [4.78, 5) is 38.1. The first-order valence-corrected chi connectivity index (χ1v) is 13.5. The van der Waals surface area contributed by atoms with Crippen molar-refractivity contribution in [2.75, 3.05) is 5.75 Å². The van der Waals surface area contributed by atoms with E-state index in [9.17, 15) is 9.59 Å². The maximum Gasteiger partial charge on any atom is 0.355 e. The molecule has 0 saturated carbocycles. The molecule has 0 aliphatic carbocycles. The topological polar surface area (TPSA) is 68.4 Å². The number of pyridine rings is 1. The molecule has 6 heteroatoms.